The molecule has 0 aliphatic carbocycles. The molecule has 4 rings (SSSR count). The molecule has 1 heterocycles. The van der Waals surface area contributed by atoms with Crippen molar-refractivity contribution in [2.45, 2.75) is 11.7 Å². The van der Waals surface area contributed by atoms with Crippen LogP contribution in [0.4, 0.5) is 11.4 Å². The molecule has 34 heavy (non-hydrogen) atoms. The average molecular weight is 529 g/mol. The molecular weight excluding hydrogens is 513 g/mol. The van der Waals surface area contributed by atoms with Crippen molar-refractivity contribution >= 4 is 69.8 Å². The highest BCUT2D eigenvalue weighted by Crippen LogP contribution is 2.42. The molecule has 1 N–H and O–H groups in total. The number of nitrogens with zero attached hydrogens (tertiary/aromatic N) is 2. The molecule has 2 amide bonds. The SMILES string of the molecule is N#C/C(C(=O)Nc1ccc(Cl)c(Cl)c1)=C1/S[C@@H](Cc2cccc(Cl)c2)C(=O)N1c1ccccc1. The van der Waals surface area contributed by atoms with E-state index in [1.807, 2.05) is 24.3 Å². The van der Waals surface area contributed by atoms with E-state index in [2.05, 4.69) is 5.32 Å². The van der Waals surface area contributed by atoms with Crippen molar-refractivity contribution in [1.29, 1.82) is 5.26 Å². The number of carbonyl (C=O) groups is 2. The van der Waals surface area contributed by atoms with Gasteiger partial charge in [-0.1, -0.05) is 76.9 Å². The number of anilines is 2. The first kappa shape index (κ1) is 24.2. The Labute approximate surface area is 215 Å². The van der Waals surface area contributed by atoms with Crippen LogP contribution < -0.4 is 10.2 Å². The van der Waals surface area contributed by atoms with Gasteiger partial charge in [0.2, 0.25) is 5.91 Å². The summed E-state index contributed by atoms with van der Waals surface area (Å²) in [5, 5.41) is 13.5. The fourth-order valence-corrected chi connectivity index (χ4v) is 5.26. The van der Waals surface area contributed by atoms with Crippen molar-refractivity contribution in [3.05, 3.63) is 104 Å². The van der Waals surface area contributed by atoms with Crippen molar-refractivity contribution in [2.75, 3.05) is 10.2 Å². The van der Waals surface area contributed by atoms with E-state index < -0.39 is 11.2 Å². The fraction of sp³-hybridized carbons (Fsp3) is 0.0800. The lowest BCUT2D eigenvalue weighted by Crippen LogP contribution is -2.30. The maximum Gasteiger partial charge on any atom is 0.269 e. The van der Waals surface area contributed by atoms with E-state index in [9.17, 15) is 14.9 Å². The molecule has 3 aromatic carbocycles. The Hall–Kier alpha value is -2.95. The largest absolute Gasteiger partial charge is 0.321 e. The summed E-state index contributed by atoms with van der Waals surface area (Å²) in [6, 6.07) is 22.8. The van der Waals surface area contributed by atoms with Gasteiger partial charge in [-0.25, -0.2) is 0 Å². The van der Waals surface area contributed by atoms with Crippen LogP contribution in [0.5, 0.6) is 0 Å². The van der Waals surface area contributed by atoms with E-state index in [1.54, 1.807) is 48.5 Å². The number of thioether (sulfide) groups is 1. The number of carbonyl (C=O) groups excluding carboxylic acids is 2. The van der Waals surface area contributed by atoms with Crippen molar-refractivity contribution < 1.29 is 9.59 Å². The third kappa shape index (κ3) is 5.24. The monoisotopic (exact) mass is 527 g/mol. The predicted octanol–water partition coefficient (Wildman–Crippen LogP) is 6.71. The number of nitriles is 1. The molecule has 9 heteroatoms. The molecule has 170 valence electrons. The van der Waals surface area contributed by atoms with Crippen molar-refractivity contribution in [1.82, 2.24) is 0 Å². The van der Waals surface area contributed by atoms with Crippen LogP contribution in [0.3, 0.4) is 0 Å². The summed E-state index contributed by atoms with van der Waals surface area (Å²) >= 11 is 19.3. The standard InChI is InChI=1S/C25H16Cl3N3O2S/c26-16-6-4-5-15(11-16)12-22-24(33)31(18-7-2-1-3-8-18)25(34-22)19(14-29)23(32)30-17-9-10-20(27)21(28)13-17/h1-11,13,22H,12H2,(H,30,32)/b25-19-/t22-/m0/s1. The Bertz CT molecular complexity index is 1340. The van der Waals surface area contributed by atoms with Crippen molar-refractivity contribution in [3.8, 4) is 6.07 Å². The first-order valence-electron chi connectivity index (χ1n) is 10.1. The van der Waals surface area contributed by atoms with Crippen molar-refractivity contribution in [2.24, 2.45) is 0 Å². The van der Waals surface area contributed by atoms with Gasteiger partial charge in [0.15, 0.2) is 0 Å². The minimum atomic E-state index is -0.652. The number of hydrogen-bond acceptors (Lipinski definition) is 4. The Balaban J connectivity index is 1.71. The Morgan fingerprint density at radius 2 is 1.76 bits per heavy atom. The lowest BCUT2D eigenvalue weighted by atomic mass is 10.1. The molecule has 3 aromatic rings. The third-order valence-electron chi connectivity index (χ3n) is 5.01. The average Bonchev–Trinajstić information content (AvgIpc) is 3.13. The second kappa shape index (κ2) is 10.5. The second-order valence-corrected chi connectivity index (χ2v) is 9.77. The minimum absolute atomic E-state index is 0.179. The molecule has 5 nitrogen and oxygen atoms in total. The summed E-state index contributed by atoms with van der Waals surface area (Å²) in [6.45, 7) is 0. The highest BCUT2D eigenvalue weighted by molar-refractivity contribution is 8.05. The number of rotatable bonds is 5. The molecule has 1 saturated heterocycles. The molecule has 0 unspecified atom stereocenters. The highest BCUT2D eigenvalue weighted by atomic mass is 35.5. The van der Waals surface area contributed by atoms with Gasteiger partial charge < -0.3 is 5.32 Å². The Morgan fingerprint density at radius 3 is 2.44 bits per heavy atom. The van der Waals surface area contributed by atoms with Gasteiger partial charge in [-0.15, -0.1) is 0 Å². The Morgan fingerprint density at radius 1 is 1.00 bits per heavy atom. The van der Waals surface area contributed by atoms with E-state index in [1.165, 1.54) is 22.7 Å². The molecule has 0 saturated carbocycles. The molecule has 1 aliphatic heterocycles. The number of para-hydroxylation sites is 1. The molecule has 1 fully saturated rings. The number of nitrogens with one attached hydrogen (secondary N) is 1. The fourth-order valence-electron chi connectivity index (χ4n) is 3.44. The highest BCUT2D eigenvalue weighted by Gasteiger charge is 2.40. The van der Waals surface area contributed by atoms with E-state index in [4.69, 9.17) is 34.8 Å². The first-order chi connectivity index (χ1) is 16.4. The molecule has 1 aliphatic rings. The van der Waals surface area contributed by atoms with E-state index in [0.29, 0.717) is 27.8 Å². The maximum absolute atomic E-state index is 13.5. The molecule has 0 radical (unpaired) electrons. The zero-order valence-electron chi connectivity index (χ0n) is 17.5. The van der Waals surface area contributed by atoms with Crippen LogP contribution in [-0.4, -0.2) is 17.1 Å². The lowest BCUT2D eigenvalue weighted by Gasteiger charge is -2.18. The molecule has 0 spiro atoms. The van der Waals surface area contributed by atoms with E-state index >= 15 is 0 Å². The summed E-state index contributed by atoms with van der Waals surface area (Å²) in [5.74, 6) is -0.873. The van der Waals surface area contributed by atoms with Gasteiger partial charge in [0.1, 0.15) is 16.7 Å². The van der Waals surface area contributed by atoms with Crippen molar-refractivity contribution in [3.63, 3.8) is 0 Å². The predicted molar refractivity (Wildman–Crippen MR) is 138 cm³/mol. The van der Waals surface area contributed by atoms with Gasteiger partial charge in [0.05, 0.1) is 15.3 Å². The summed E-state index contributed by atoms with van der Waals surface area (Å²) in [6.07, 6.45) is 0.393. The third-order valence-corrected chi connectivity index (χ3v) is 7.24. The summed E-state index contributed by atoms with van der Waals surface area (Å²) in [4.78, 5) is 28.0. The van der Waals surface area contributed by atoms with Crippen LogP contribution in [0.15, 0.2) is 83.4 Å². The zero-order chi connectivity index (χ0) is 24.2. The molecule has 1 atom stereocenters. The first-order valence-corrected chi connectivity index (χ1v) is 12.1. The topological polar surface area (TPSA) is 73.2 Å². The molecule has 0 bridgehead atoms. The second-order valence-electron chi connectivity index (χ2n) is 7.32. The summed E-state index contributed by atoms with van der Waals surface area (Å²) < 4.78 is 0. The van der Waals surface area contributed by atoms with Crippen LogP contribution in [0, 0.1) is 11.3 Å². The van der Waals surface area contributed by atoms with Gasteiger partial charge in [0, 0.05) is 16.4 Å². The smallest absolute Gasteiger partial charge is 0.269 e. The minimum Gasteiger partial charge on any atom is -0.321 e. The van der Waals surface area contributed by atoms with Crippen LogP contribution in [0.25, 0.3) is 0 Å². The number of amides is 2. The van der Waals surface area contributed by atoms with Crippen LogP contribution in [0.2, 0.25) is 15.1 Å². The van der Waals surface area contributed by atoms with Gasteiger partial charge in [-0.05, 0) is 54.4 Å². The van der Waals surface area contributed by atoms with Crippen LogP contribution >= 0.6 is 46.6 Å². The normalized spacial score (nSPS) is 16.8. The van der Waals surface area contributed by atoms with Crippen LogP contribution in [-0.2, 0) is 16.0 Å². The van der Waals surface area contributed by atoms with E-state index in [-0.39, 0.29) is 21.5 Å². The number of hydrogen-bond donors (Lipinski definition) is 1. The quantitative estimate of drug-likeness (QED) is 0.295. The molecular formula is C25H16Cl3N3O2S. The number of benzene rings is 3. The Kier molecular flexibility index (Phi) is 7.50. The van der Waals surface area contributed by atoms with Gasteiger partial charge in [-0.3, -0.25) is 14.5 Å². The van der Waals surface area contributed by atoms with Gasteiger partial charge in [0.25, 0.3) is 5.91 Å². The van der Waals surface area contributed by atoms with Gasteiger partial charge >= 0.3 is 0 Å². The zero-order valence-corrected chi connectivity index (χ0v) is 20.6. The lowest BCUT2D eigenvalue weighted by molar-refractivity contribution is -0.117. The van der Waals surface area contributed by atoms with Crippen LogP contribution in [0.1, 0.15) is 5.56 Å². The van der Waals surface area contributed by atoms with E-state index in [0.717, 1.165) is 5.56 Å². The number of halogens is 3. The summed E-state index contributed by atoms with van der Waals surface area (Å²) in [7, 11) is 0. The maximum atomic E-state index is 13.5. The summed E-state index contributed by atoms with van der Waals surface area (Å²) in [5.41, 5.74) is 1.65. The van der Waals surface area contributed by atoms with Gasteiger partial charge in [-0.2, -0.15) is 5.26 Å². The molecule has 0 aromatic heterocycles.